The van der Waals surface area contributed by atoms with Gasteiger partial charge in [0.1, 0.15) is 0 Å². The molecule has 1 aromatic rings. The standard InChI is InChI=1S/C11H18BrNO2S/c1-7(10-9(12)5-6-16-10)13-8(2)11(14-3)15-4/h5-8,11,13H,1-4H3. The van der Waals surface area contributed by atoms with Gasteiger partial charge in [-0.1, -0.05) is 0 Å². The van der Waals surface area contributed by atoms with Crippen LogP contribution in [0.4, 0.5) is 0 Å². The van der Waals surface area contributed by atoms with Gasteiger partial charge in [0.25, 0.3) is 0 Å². The van der Waals surface area contributed by atoms with Crippen molar-refractivity contribution in [3.05, 3.63) is 20.8 Å². The lowest BCUT2D eigenvalue weighted by atomic mass is 10.2. The summed E-state index contributed by atoms with van der Waals surface area (Å²) in [5.74, 6) is 0. The first-order valence-electron chi connectivity index (χ1n) is 5.14. The molecule has 0 aliphatic carbocycles. The molecule has 2 atom stereocenters. The van der Waals surface area contributed by atoms with Gasteiger partial charge in [-0.3, -0.25) is 0 Å². The minimum absolute atomic E-state index is 0.138. The van der Waals surface area contributed by atoms with Crippen molar-refractivity contribution in [2.45, 2.75) is 32.2 Å². The number of nitrogens with one attached hydrogen (secondary N) is 1. The zero-order chi connectivity index (χ0) is 12.1. The lowest BCUT2D eigenvalue weighted by Crippen LogP contribution is -2.40. The Balaban J connectivity index is 2.57. The van der Waals surface area contributed by atoms with Crippen LogP contribution in [-0.2, 0) is 9.47 Å². The smallest absolute Gasteiger partial charge is 0.171 e. The second-order valence-corrected chi connectivity index (χ2v) is 5.45. The second-order valence-electron chi connectivity index (χ2n) is 3.65. The summed E-state index contributed by atoms with van der Waals surface area (Å²) in [6.45, 7) is 4.19. The first kappa shape index (κ1) is 14.1. The van der Waals surface area contributed by atoms with Crippen LogP contribution in [0.1, 0.15) is 24.8 Å². The van der Waals surface area contributed by atoms with Gasteiger partial charge in [-0.15, -0.1) is 11.3 Å². The molecule has 1 rings (SSSR count). The minimum Gasteiger partial charge on any atom is -0.354 e. The van der Waals surface area contributed by atoms with Crippen LogP contribution in [0.25, 0.3) is 0 Å². The lowest BCUT2D eigenvalue weighted by Gasteiger charge is -2.25. The van der Waals surface area contributed by atoms with E-state index in [2.05, 4.69) is 46.5 Å². The van der Waals surface area contributed by atoms with Gasteiger partial charge in [0.15, 0.2) is 6.29 Å². The van der Waals surface area contributed by atoms with Gasteiger partial charge < -0.3 is 14.8 Å². The molecule has 92 valence electrons. The Labute approximate surface area is 109 Å². The average Bonchev–Trinajstić information content (AvgIpc) is 2.66. The maximum absolute atomic E-state index is 5.22. The van der Waals surface area contributed by atoms with Gasteiger partial charge >= 0.3 is 0 Å². The average molecular weight is 308 g/mol. The summed E-state index contributed by atoms with van der Waals surface area (Å²) in [6.07, 6.45) is -0.221. The second kappa shape index (κ2) is 6.71. The van der Waals surface area contributed by atoms with Crippen LogP contribution in [0.15, 0.2) is 15.9 Å². The Bertz CT molecular complexity index is 315. The number of thiophene rings is 1. The van der Waals surface area contributed by atoms with E-state index in [1.807, 2.05) is 0 Å². The Morgan fingerprint density at radius 3 is 2.38 bits per heavy atom. The summed E-state index contributed by atoms with van der Waals surface area (Å²) in [4.78, 5) is 1.29. The molecule has 3 nitrogen and oxygen atoms in total. The maximum atomic E-state index is 5.22. The third-order valence-electron chi connectivity index (χ3n) is 2.42. The van der Waals surface area contributed by atoms with Gasteiger partial charge in [-0.25, -0.2) is 0 Å². The van der Waals surface area contributed by atoms with Crippen molar-refractivity contribution in [3.63, 3.8) is 0 Å². The zero-order valence-electron chi connectivity index (χ0n) is 9.99. The molecule has 0 saturated heterocycles. The minimum atomic E-state index is -0.221. The number of rotatable bonds is 6. The Hall–Kier alpha value is 0.0600. The van der Waals surface area contributed by atoms with Crippen LogP contribution in [0.2, 0.25) is 0 Å². The molecule has 1 heterocycles. The predicted octanol–water partition coefficient (Wildman–Crippen LogP) is 3.17. The van der Waals surface area contributed by atoms with Crippen molar-refractivity contribution >= 4 is 27.3 Å². The van der Waals surface area contributed by atoms with Crippen molar-refractivity contribution in [1.29, 1.82) is 0 Å². The topological polar surface area (TPSA) is 30.5 Å². The molecule has 1 aromatic heterocycles. The predicted molar refractivity (Wildman–Crippen MR) is 70.8 cm³/mol. The summed E-state index contributed by atoms with van der Waals surface area (Å²) in [6, 6.07) is 2.48. The molecule has 0 spiro atoms. The number of hydrogen-bond donors (Lipinski definition) is 1. The van der Waals surface area contributed by atoms with Crippen LogP contribution in [0, 0.1) is 0 Å². The fraction of sp³-hybridized carbons (Fsp3) is 0.636. The monoisotopic (exact) mass is 307 g/mol. The molecule has 0 amide bonds. The highest BCUT2D eigenvalue weighted by molar-refractivity contribution is 9.10. The normalized spacial score (nSPS) is 15.4. The SMILES string of the molecule is COC(OC)C(C)NC(C)c1sccc1Br. The molecule has 16 heavy (non-hydrogen) atoms. The summed E-state index contributed by atoms with van der Waals surface area (Å²) in [5.41, 5.74) is 0. The molecule has 2 unspecified atom stereocenters. The van der Waals surface area contributed by atoms with Crippen molar-refractivity contribution in [3.8, 4) is 0 Å². The quantitative estimate of drug-likeness (QED) is 0.819. The Morgan fingerprint density at radius 1 is 1.31 bits per heavy atom. The van der Waals surface area contributed by atoms with E-state index in [0.717, 1.165) is 4.47 Å². The molecular formula is C11H18BrNO2S. The molecule has 0 bridgehead atoms. The highest BCUT2D eigenvalue weighted by atomic mass is 79.9. The first-order chi connectivity index (χ1) is 7.60. The highest BCUT2D eigenvalue weighted by Gasteiger charge is 2.19. The summed E-state index contributed by atoms with van der Waals surface area (Å²) >= 11 is 5.27. The van der Waals surface area contributed by atoms with Crippen molar-refractivity contribution < 1.29 is 9.47 Å². The van der Waals surface area contributed by atoms with E-state index in [1.165, 1.54) is 4.88 Å². The van der Waals surface area contributed by atoms with E-state index in [1.54, 1.807) is 25.6 Å². The van der Waals surface area contributed by atoms with Crippen molar-refractivity contribution in [2.24, 2.45) is 0 Å². The number of methoxy groups -OCH3 is 2. The summed E-state index contributed by atoms with van der Waals surface area (Å²) < 4.78 is 11.6. The molecule has 0 fully saturated rings. The lowest BCUT2D eigenvalue weighted by molar-refractivity contribution is -0.120. The van der Waals surface area contributed by atoms with E-state index in [4.69, 9.17) is 9.47 Å². The van der Waals surface area contributed by atoms with Crippen LogP contribution >= 0.6 is 27.3 Å². The van der Waals surface area contributed by atoms with E-state index in [9.17, 15) is 0 Å². The Morgan fingerprint density at radius 2 is 1.94 bits per heavy atom. The largest absolute Gasteiger partial charge is 0.354 e. The maximum Gasteiger partial charge on any atom is 0.171 e. The van der Waals surface area contributed by atoms with Gasteiger partial charge in [0.2, 0.25) is 0 Å². The molecular weight excluding hydrogens is 290 g/mol. The van der Waals surface area contributed by atoms with E-state index in [-0.39, 0.29) is 18.4 Å². The van der Waals surface area contributed by atoms with Gasteiger partial charge in [0, 0.05) is 29.6 Å². The van der Waals surface area contributed by atoms with Gasteiger partial charge in [-0.05, 0) is 41.2 Å². The zero-order valence-corrected chi connectivity index (χ0v) is 12.4. The number of halogens is 1. The van der Waals surface area contributed by atoms with Crippen LogP contribution in [0.3, 0.4) is 0 Å². The summed E-state index contributed by atoms with van der Waals surface area (Å²) in [7, 11) is 3.30. The molecule has 1 N–H and O–H groups in total. The van der Waals surface area contributed by atoms with Crippen LogP contribution < -0.4 is 5.32 Å². The van der Waals surface area contributed by atoms with Crippen molar-refractivity contribution in [1.82, 2.24) is 5.32 Å². The molecule has 0 aliphatic heterocycles. The van der Waals surface area contributed by atoms with E-state index in [0.29, 0.717) is 0 Å². The van der Waals surface area contributed by atoms with Crippen LogP contribution in [-0.4, -0.2) is 26.6 Å². The molecule has 0 radical (unpaired) electrons. The third kappa shape index (κ3) is 3.53. The third-order valence-corrected chi connectivity index (χ3v) is 4.48. The van der Waals surface area contributed by atoms with Crippen LogP contribution in [0.5, 0.6) is 0 Å². The molecule has 0 aliphatic rings. The fourth-order valence-electron chi connectivity index (χ4n) is 1.67. The molecule has 0 saturated carbocycles. The first-order valence-corrected chi connectivity index (χ1v) is 6.82. The fourth-order valence-corrected chi connectivity index (χ4v) is 3.40. The van der Waals surface area contributed by atoms with Gasteiger partial charge in [-0.2, -0.15) is 0 Å². The van der Waals surface area contributed by atoms with Crippen molar-refractivity contribution in [2.75, 3.05) is 14.2 Å². The van der Waals surface area contributed by atoms with Gasteiger partial charge in [0.05, 0.1) is 6.04 Å². The van der Waals surface area contributed by atoms with E-state index >= 15 is 0 Å². The molecule has 5 heteroatoms. The number of ether oxygens (including phenoxy) is 2. The Kier molecular flexibility index (Phi) is 5.92. The molecule has 0 aromatic carbocycles. The highest BCUT2D eigenvalue weighted by Crippen LogP contribution is 2.29. The number of hydrogen-bond acceptors (Lipinski definition) is 4. The van der Waals surface area contributed by atoms with E-state index < -0.39 is 0 Å². The summed E-state index contributed by atoms with van der Waals surface area (Å²) in [5, 5.41) is 5.53.